The molecule has 1 aromatic rings. The van der Waals surface area contributed by atoms with Crippen LogP contribution in [0.5, 0.6) is 0 Å². The van der Waals surface area contributed by atoms with E-state index in [2.05, 4.69) is 87.6 Å². The quantitative estimate of drug-likeness (QED) is 0.537. The minimum atomic E-state index is 0.0490. The largest absolute Gasteiger partial charge is 0.222 e. The fraction of sp³-hybridized carbons (Fsp3) is 0.208. The van der Waals surface area contributed by atoms with Gasteiger partial charge >= 0.3 is 0 Å². The third-order valence-corrected chi connectivity index (χ3v) is 5.39. The maximum absolute atomic E-state index is 4.53. The van der Waals surface area contributed by atoms with Crippen LogP contribution >= 0.6 is 0 Å². The van der Waals surface area contributed by atoms with Gasteiger partial charge in [0.25, 0.3) is 0 Å². The molecule has 0 heteroatoms. The lowest BCUT2D eigenvalue weighted by Crippen LogP contribution is -2.17. The first-order valence-corrected chi connectivity index (χ1v) is 8.72. The van der Waals surface area contributed by atoms with Crippen LogP contribution in [0.25, 0.3) is 5.57 Å². The average Bonchev–Trinajstić information content (AvgIpc) is 2.83. The van der Waals surface area contributed by atoms with Gasteiger partial charge in [0, 0.05) is 0 Å². The lowest BCUT2D eigenvalue weighted by molar-refractivity contribution is 0.641. The summed E-state index contributed by atoms with van der Waals surface area (Å²) < 4.78 is 0. The van der Waals surface area contributed by atoms with Crippen molar-refractivity contribution in [1.82, 2.24) is 0 Å². The molecule has 0 heterocycles. The van der Waals surface area contributed by atoms with E-state index in [4.69, 9.17) is 0 Å². The van der Waals surface area contributed by atoms with Gasteiger partial charge in [0.1, 0.15) is 0 Å². The first-order valence-electron chi connectivity index (χ1n) is 8.72. The zero-order chi connectivity index (χ0) is 16.7. The highest BCUT2D eigenvalue weighted by Gasteiger charge is 2.32. The van der Waals surface area contributed by atoms with Crippen molar-refractivity contribution in [2.75, 3.05) is 0 Å². The van der Waals surface area contributed by atoms with Gasteiger partial charge < -0.3 is 0 Å². The van der Waals surface area contributed by atoms with Crippen LogP contribution in [0.3, 0.4) is 0 Å². The van der Waals surface area contributed by atoms with Gasteiger partial charge in [-0.1, -0.05) is 97.7 Å². The van der Waals surface area contributed by atoms with Gasteiger partial charge in [-0.25, -0.2) is 6.42 Å². The molecule has 0 aliphatic heterocycles. The molecule has 4 rings (SSSR count). The summed E-state index contributed by atoms with van der Waals surface area (Å²) in [5.41, 5.74) is 9.31. The fourth-order valence-electron chi connectivity index (χ4n) is 4.15. The Hall–Kier alpha value is -2.47. The van der Waals surface area contributed by atoms with Crippen molar-refractivity contribution in [3.63, 3.8) is 0 Å². The molecule has 24 heavy (non-hydrogen) atoms. The van der Waals surface area contributed by atoms with Gasteiger partial charge in [-0.3, -0.25) is 0 Å². The van der Waals surface area contributed by atoms with Crippen LogP contribution in [0.15, 0.2) is 89.6 Å². The Bertz CT molecular complexity index is 863. The van der Waals surface area contributed by atoms with Crippen molar-refractivity contribution in [2.24, 2.45) is 0 Å². The van der Waals surface area contributed by atoms with Crippen molar-refractivity contribution >= 4 is 5.57 Å². The predicted octanol–water partition coefficient (Wildman–Crippen LogP) is 6.26. The van der Waals surface area contributed by atoms with Crippen LogP contribution in [-0.4, -0.2) is 0 Å². The van der Waals surface area contributed by atoms with Crippen LogP contribution in [0, 0.1) is 6.42 Å². The molecule has 0 aromatic heterocycles. The minimum absolute atomic E-state index is 0.0490. The topological polar surface area (TPSA) is 0 Å². The summed E-state index contributed by atoms with van der Waals surface area (Å²) in [6.45, 7) is 9.19. The number of hydrogen-bond acceptors (Lipinski definition) is 0. The van der Waals surface area contributed by atoms with Crippen molar-refractivity contribution < 1.29 is 0 Å². The van der Waals surface area contributed by atoms with Gasteiger partial charge in [0.05, 0.1) is 0 Å². The highest BCUT2D eigenvalue weighted by molar-refractivity contribution is 5.95. The molecule has 3 aliphatic carbocycles. The lowest BCUT2D eigenvalue weighted by atomic mass is 9.79. The number of hydrogen-bond donors (Lipinski definition) is 0. The molecule has 0 N–H and O–H groups in total. The Morgan fingerprint density at radius 3 is 2.79 bits per heavy atom. The van der Waals surface area contributed by atoms with E-state index in [-0.39, 0.29) is 5.41 Å². The molecular weight excluding hydrogens is 288 g/mol. The second-order valence-electron chi connectivity index (χ2n) is 7.18. The van der Waals surface area contributed by atoms with Crippen molar-refractivity contribution in [3.05, 3.63) is 107 Å². The van der Waals surface area contributed by atoms with E-state index in [1.807, 2.05) is 0 Å². The Kier molecular flexibility index (Phi) is 3.49. The smallest absolute Gasteiger partial charge is 0.0157 e. The van der Waals surface area contributed by atoms with E-state index in [0.717, 1.165) is 18.4 Å². The van der Waals surface area contributed by atoms with Crippen LogP contribution in [0.1, 0.15) is 37.8 Å². The third kappa shape index (κ3) is 2.17. The fourth-order valence-corrected chi connectivity index (χ4v) is 4.15. The standard InChI is InChI=1S/C24H23/c1-17-19(18-11-6-4-5-7-12-18)14-10-16-22-23(17)20-13-8-9-15-21(20)24(22,2)3/h4-6,8-9,11-16H,1,7,10H2,2-3H3/q-1. The summed E-state index contributed by atoms with van der Waals surface area (Å²) in [6.07, 6.45) is 17.6. The molecule has 0 saturated heterocycles. The zero-order valence-corrected chi connectivity index (χ0v) is 14.5. The zero-order valence-electron chi connectivity index (χ0n) is 14.5. The number of fused-ring (bicyclic) bond motifs is 2. The minimum Gasteiger partial charge on any atom is -0.222 e. The first kappa shape index (κ1) is 15.1. The normalized spacial score (nSPS) is 21.3. The molecule has 120 valence electrons. The van der Waals surface area contributed by atoms with Crippen molar-refractivity contribution in [1.29, 1.82) is 0 Å². The Morgan fingerprint density at radius 2 is 1.92 bits per heavy atom. The van der Waals surface area contributed by atoms with E-state index in [1.54, 1.807) is 0 Å². The number of benzene rings is 1. The Morgan fingerprint density at radius 1 is 1.08 bits per heavy atom. The molecule has 0 nitrogen and oxygen atoms in total. The van der Waals surface area contributed by atoms with E-state index in [1.165, 1.54) is 33.4 Å². The van der Waals surface area contributed by atoms with Gasteiger partial charge in [0.2, 0.25) is 0 Å². The highest BCUT2D eigenvalue weighted by Crippen LogP contribution is 2.52. The maximum atomic E-state index is 4.53. The summed E-state index contributed by atoms with van der Waals surface area (Å²) in [6, 6.07) is 8.80. The average molecular weight is 311 g/mol. The molecule has 1 aromatic carbocycles. The van der Waals surface area contributed by atoms with Gasteiger partial charge in [-0.2, -0.15) is 11.1 Å². The molecule has 0 atom stereocenters. The number of allylic oxidation sites excluding steroid dienone is 11. The predicted molar refractivity (Wildman–Crippen MR) is 104 cm³/mol. The van der Waals surface area contributed by atoms with Gasteiger partial charge in [0.15, 0.2) is 0 Å². The van der Waals surface area contributed by atoms with Crippen LogP contribution < -0.4 is 0 Å². The molecule has 0 amide bonds. The van der Waals surface area contributed by atoms with Crippen LogP contribution in [-0.2, 0) is 5.41 Å². The van der Waals surface area contributed by atoms with Gasteiger partial charge in [-0.05, 0) is 23.0 Å². The van der Waals surface area contributed by atoms with Crippen LogP contribution in [0.2, 0.25) is 0 Å². The second kappa shape index (κ2) is 5.56. The first-order chi connectivity index (χ1) is 11.6. The summed E-state index contributed by atoms with van der Waals surface area (Å²) in [5, 5.41) is 0. The molecule has 0 fully saturated rings. The van der Waals surface area contributed by atoms with E-state index in [9.17, 15) is 0 Å². The van der Waals surface area contributed by atoms with Crippen LogP contribution in [0.4, 0.5) is 0 Å². The number of rotatable bonds is 1. The van der Waals surface area contributed by atoms with Crippen molar-refractivity contribution in [3.8, 4) is 0 Å². The van der Waals surface area contributed by atoms with E-state index >= 15 is 0 Å². The molecule has 0 spiro atoms. The van der Waals surface area contributed by atoms with E-state index < -0.39 is 0 Å². The molecule has 3 aliphatic rings. The SMILES string of the molecule is C=C1C(C2=CCC=CC=C2)=CC[CH-]C2=C1c1ccccc1C2(C)C. The molecule has 0 bridgehead atoms. The Labute approximate surface area is 145 Å². The summed E-state index contributed by atoms with van der Waals surface area (Å²) in [4.78, 5) is 0. The lowest BCUT2D eigenvalue weighted by Gasteiger charge is -2.31. The third-order valence-electron chi connectivity index (χ3n) is 5.39. The van der Waals surface area contributed by atoms with Gasteiger partial charge in [-0.15, -0.1) is 6.58 Å². The molecule has 0 unspecified atom stereocenters. The van der Waals surface area contributed by atoms with E-state index in [0.29, 0.717) is 0 Å². The highest BCUT2D eigenvalue weighted by atomic mass is 14.4. The molecule has 0 radical (unpaired) electrons. The molecule has 0 saturated carbocycles. The summed E-state index contributed by atoms with van der Waals surface area (Å²) >= 11 is 0. The summed E-state index contributed by atoms with van der Waals surface area (Å²) in [7, 11) is 0. The maximum Gasteiger partial charge on any atom is -0.0157 e. The Balaban J connectivity index is 1.85. The van der Waals surface area contributed by atoms with Crippen molar-refractivity contribution in [2.45, 2.75) is 32.1 Å². The summed E-state index contributed by atoms with van der Waals surface area (Å²) in [5.74, 6) is 0. The monoisotopic (exact) mass is 311 g/mol. The second-order valence-corrected chi connectivity index (χ2v) is 7.18. The molecular formula is C24H23-.